The van der Waals surface area contributed by atoms with Crippen LogP contribution in [0.3, 0.4) is 0 Å². The van der Waals surface area contributed by atoms with Gasteiger partial charge in [0.05, 0.1) is 0 Å². The number of nitrogens with one attached hydrogen (secondary N) is 1. The van der Waals surface area contributed by atoms with Gasteiger partial charge < -0.3 is 10.2 Å². The first-order valence-corrected chi connectivity index (χ1v) is 3.76. The summed E-state index contributed by atoms with van der Waals surface area (Å²) in [5, 5.41) is 2.90. The van der Waals surface area contributed by atoms with Crippen molar-refractivity contribution < 1.29 is 0 Å². The molecule has 0 aromatic heterocycles. The van der Waals surface area contributed by atoms with Crippen molar-refractivity contribution in [3.63, 3.8) is 0 Å². The molecule has 0 saturated carbocycles. The van der Waals surface area contributed by atoms with Gasteiger partial charge in [0.1, 0.15) is 0 Å². The predicted octanol–water partition coefficient (Wildman–Crippen LogP) is 1.86. The van der Waals surface area contributed by atoms with Gasteiger partial charge in [-0.3, -0.25) is 0 Å². The van der Waals surface area contributed by atoms with Crippen molar-refractivity contribution in [1.82, 2.24) is 10.2 Å². The molecule has 2 heteroatoms. The minimum absolute atomic E-state index is 0.903. The summed E-state index contributed by atoms with van der Waals surface area (Å²) in [5.74, 6) is 0. The molecule has 0 aromatic carbocycles. The van der Waals surface area contributed by atoms with E-state index in [9.17, 15) is 0 Å². The van der Waals surface area contributed by atoms with Crippen LogP contribution in [0, 0.1) is 0 Å². The van der Waals surface area contributed by atoms with Crippen molar-refractivity contribution in [3.8, 4) is 0 Å². The van der Waals surface area contributed by atoms with Gasteiger partial charge in [-0.1, -0.05) is 19.2 Å². The van der Waals surface area contributed by atoms with Crippen molar-refractivity contribution in [1.29, 1.82) is 0 Å². The Morgan fingerprint density at radius 3 is 2.58 bits per heavy atom. The van der Waals surface area contributed by atoms with Crippen molar-refractivity contribution in [3.05, 3.63) is 49.5 Å². The second kappa shape index (κ2) is 6.28. The van der Waals surface area contributed by atoms with E-state index in [-0.39, 0.29) is 0 Å². The molecular formula is C10H16N2. The second-order valence-electron chi connectivity index (χ2n) is 2.36. The largest absolute Gasteiger partial charge is 0.393 e. The lowest BCUT2D eigenvalue weighted by molar-refractivity contribution is 0.620. The van der Waals surface area contributed by atoms with E-state index in [1.165, 1.54) is 0 Å². The van der Waals surface area contributed by atoms with Crippen molar-refractivity contribution in [2.24, 2.45) is 0 Å². The van der Waals surface area contributed by atoms with Gasteiger partial charge in [-0.25, -0.2) is 0 Å². The van der Waals surface area contributed by atoms with Gasteiger partial charge in [0.2, 0.25) is 0 Å². The van der Waals surface area contributed by atoms with E-state index in [0.717, 1.165) is 5.57 Å². The molecule has 0 aliphatic carbocycles. The number of rotatable bonds is 5. The number of hydrogen-bond acceptors (Lipinski definition) is 2. The Bertz CT molecular complexity index is 202. The average Bonchev–Trinajstić information content (AvgIpc) is 2.10. The van der Waals surface area contributed by atoms with E-state index < -0.39 is 0 Å². The van der Waals surface area contributed by atoms with Gasteiger partial charge >= 0.3 is 0 Å². The third kappa shape index (κ3) is 5.35. The molecule has 0 atom stereocenters. The molecule has 2 nitrogen and oxygen atoms in total. The lowest BCUT2D eigenvalue weighted by Gasteiger charge is -2.05. The van der Waals surface area contributed by atoms with E-state index in [2.05, 4.69) is 18.5 Å². The lowest BCUT2D eigenvalue weighted by Crippen LogP contribution is -2.03. The lowest BCUT2D eigenvalue weighted by atomic mass is 10.3. The zero-order valence-corrected chi connectivity index (χ0v) is 7.75. The molecule has 0 amide bonds. The van der Waals surface area contributed by atoms with Gasteiger partial charge in [-0.15, -0.1) is 0 Å². The number of allylic oxidation sites excluding steroid dienone is 3. The third-order valence-electron chi connectivity index (χ3n) is 1.26. The molecular weight excluding hydrogens is 148 g/mol. The maximum atomic E-state index is 3.75. The Morgan fingerprint density at radius 1 is 1.42 bits per heavy atom. The minimum atomic E-state index is 0.903. The molecule has 0 heterocycles. The van der Waals surface area contributed by atoms with Crippen LogP contribution in [0.1, 0.15) is 0 Å². The molecule has 0 bridgehead atoms. The van der Waals surface area contributed by atoms with Gasteiger partial charge in [-0.2, -0.15) is 0 Å². The van der Waals surface area contributed by atoms with E-state index in [1.807, 2.05) is 43.7 Å². The Kier molecular flexibility index (Phi) is 5.53. The first-order valence-electron chi connectivity index (χ1n) is 3.76. The monoisotopic (exact) mass is 164 g/mol. The van der Waals surface area contributed by atoms with E-state index in [4.69, 9.17) is 0 Å². The van der Waals surface area contributed by atoms with Crippen LogP contribution in [0.25, 0.3) is 0 Å². The van der Waals surface area contributed by atoms with Gasteiger partial charge in [-0.05, 0) is 11.6 Å². The second-order valence-corrected chi connectivity index (χ2v) is 2.36. The van der Waals surface area contributed by atoms with Gasteiger partial charge in [0, 0.05) is 32.7 Å². The Morgan fingerprint density at radius 2 is 2.08 bits per heavy atom. The number of hydrogen-bond donors (Lipinski definition) is 1. The first-order chi connectivity index (χ1) is 5.70. The highest BCUT2D eigenvalue weighted by Crippen LogP contribution is 1.94. The summed E-state index contributed by atoms with van der Waals surface area (Å²) in [6.07, 6.45) is 9.28. The molecule has 66 valence electrons. The summed E-state index contributed by atoms with van der Waals surface area (Å²) in [7, 11) is 3.80. The minimum Gasteiger partial charge on any atom is -0.393 e. The highest BCUT2D eigenvalue weighted by atomic mass is 15.1. The van der Waals surface area contributed by atoms with Gasteiger partial charge in [0.15, 0.2) is 0 Å². The van der Waals surface area contributed by atoms with Crippen LogP contribution in [0.15, 0.2) is 49.5 Å². The molecule has 0 fully saturated rings. The van der Waals surface area contributed by atoms with Crippen LogP contribution in [0.2, 0.25) is 0 Å². The topological polar surface area (TPSA) is 15.3 Å². The fourth-order valence-corrected chi connectivity index (χ4v) is 0.523. The summed E-state index contributed by atoms with van der Waals surface area (Å²) < 4.78 is 0. The molecule has 0 rings (SSSR count). The quantitative estimate of drug-likeness (QED) is 0.624. The van der Waals surface area contributed by atoms with E-state index >= 15 is 0 Å². The molecule has 0 unspecified atom stereocenters. The highest BCUT2D eigenvalue weighted by Gasteiger charge is 1.81. The molecule has 0 aliphatic rings. The maximum absolute atomic E-state index is 3.75. The van der Waals surface area contributed by atoms with Crippen molar-refractivity contribution in [2.45, 2.75) is 0 Å². The molecule has 0 aromatic rings. The van der Waals surface area contributed by atoms with Crippen molar-refractivity contribution >= 4 is 0 Å². The van der Waals surface area contributed by atoms with Crippen LogP contribution in [0.5, 0.6) is 0 Å². The van der Waals surface area contributed by atoms with Crippen LogP contribution in [-0.4, -0.2) is 19.0 Å². The van der Waals surface area contributed by atoms with E-state index in [1.54, 1.807) is 6.08 Å². The fraction of sp³-hybridized carbons (Fsp3) is 0.200. The summed E-state index contributed by atoms with van der Waals surface area (Å²) >= 11 is 0. The summed E-state index contributed by atoms with van der Waals surface area (Å²) in [5.41, 5.74) is 0.903. The van der Waals surface area contributed by atoms with Crippen LogP contribution in [0.4, 0.5) is 0 Å². The zero-order valence-electron chi connectivity index (χ0n) is 7.75. The van der Waals surface area contributed by atoms with Gasteiger partial charge in [0.25, 0.3) is 0 Å². The first kappa shape index (κ1) is 10.6. The van der Waals surface area contributed by atoms with Crippen LogP contribution < -0.4 is 5.32 Å². The summed E-state index contributed by atoms with van der Waals surface area (Å²) in [4.78, 5) is 1.92. The number of nitrogens with zero attached hydrogens (tertiary/aromatic N) is 1. The highest BCUT2D eigenvalue weighted by molar-refractivity contribution is 5.25. The molecule has 0 radical (unpaired) electrons. The Hall–Kier alpha value is -1.44. The molecule has 1 N–H and O–H groups in total. The zero-order chi connectivity index (χ0) is 9.40. The SMILES string of the molecule is C=CC(=C)/C=C\N(C)/C=C\NC. The van der Waals surface area contributed by atoms with E-state index in [0.29, 0.717) is 0 Å². The Labute approximate surface area is 74.6 Å². The third-order valence-corrected chi connectivity index (χ3v) is 1.26. The summed E-state index contributed by atoms with van der Waals surface area (Å²) in [6, 6.07) is 0. The smallest absolute Gasteiger partial charge is 0.0188 e. The fourth-order valence-electron chi connectivity index (χ4n) is 0.523. The van der Waals surface area contributed by atoms with Crippen LogP contribution in [-0.2, 0) is 0 Å². The average molecular weight is 164 g/mol. The molecule has 0 spiro atoms. The van der Waals surface area contributed by atoms with Crippen LogP contribution >= 0.6 is 0 Å². The molecule has 12 heavy (non-hydrogen) atoms. The maximum Gasteiger partial charge on any atom is 0.0188 e. The predicted molar refractivity (Wildman–Crippen MR) is 54.4 cm³/mol. The Balaban J connectivity index is 3.90. The summed E-state index contributed by atoms with van der Waals surface area (Å²) in [6.45, 7) is 7.36. The standard InChI is InChI=1S/C10H16N2/c1-5-10(2)6-8-12(4)9-7-11-3/h5-9,11H,1-2H2,3-4H3/b8-6-,9-7-. The molecule has 0 saturated heterocycles. The normalized spacial score (nSPS) is 10.5. The molecule has 0 aliphatic heterocycles. The van der Waals surface area contributed by atoms with Crippen molar-refractivity contribution in [2.75, 3.05) is 14.1 Å².